The Labute approximate surface area is 148 Å². The van der Waals surface area contributed by atoms with Crippen LogP contribution in [0.2, 0.25) is 0 Å². The van der Waals surface area contributed by atoms with E-state index in [-0.39, 0.29) is 6.04 Å². The predicted octanol–water partition coefficient (Wildman–Crippen LogP) is 3.46. The Kier molecular flexibility index (Phi) is 6.37. The minimum Gasteiger partial charge on any atom is -0.493 e. The van der Waals surface area contributed by atoms with Crippen LogP contribution in [0.5, 0.6) is 11.5 Å². The number of hydrogen-bond acceptors (Lipinski definition) is 4. The van der Waals surface area contributed by atoms with Gasteiger partial charge in [0.05, 0.1) is 13.2 Å². The Morgan fingerprint density at radius 1 is 1.25 bits per heavy atom. The maximum Gasteiger partial charge on any atom is 0.174 e. The molecule has 24 heavy (non-hydrogen) atoms. The van der Waals surface area contributed by atoms with Gasteiger partial charge in [-0.25, -0.2) is 4.98 Å². The molecule has 0 amide bonds. The number of ether oxygens (including phenoxy) is 2. The second kappa shape index (κ2) is 8.49. The van der Waals surface area contributed by atoms with Gasteiger partial charge in [-0.05, 0) is 68.4 Å². The monoisotopic (exact) mass is 345 g/mol. The summed E-state index contributed by atoms with van der Waals surface area (Å²) in [4.78, 5) is 4.21. The maximum atomic E-state index is 5.81. The van der Waals surface area contributed by atoms with Crippen LogP contribution >= 0.6 is 12.2 Å². The molecular formula is C18H23N3O2S. The lowest BCUT2D eigenvalue weighted by Crippen LogP contribution is -2.39. The lowest BCUT2D eigenvalue weighted by atomic mass is 10.1. The van der Waals surface area contributed by atoms with E-state index in [9.17, 15) is 0 Å². The molecule has 1 aromatic carbocycles. The van der Waals surface area contributed by atoms with Crippen molar-refractivity contribution in [1.29, 1.82) is 0 Å². The third-order valence-corrected chi connectivity index (χ3v) is 3.80. The molecule has 0 aliphatic heterocycles. The SMILES string of the molecule is COc1cccnc1NC(=S)N[C@H](C)COc1ccc(C)c(C)c1. The first-order chi connectivity index (χ1) is 11.5. The van der Waals surface area contributed by atoms with E-state index < -0.39 is 0 Å². The van der Waals surface area contributed by atoms with Crippen molar-refractivity contribution < 1.29 is 9.47 Å². The number of hydrogen-bond donors (Lipinski definition) is 2. The van der Waals surface area contributed by atoms with Crippen molar-refractivity contribution in [2.45, 2.75) is 26.8 Å². The highest BCUT2D eigenvalue weighted by molar-refractivity contribution is 7.80. The lowest BCUT2D eigenvalue weighted by Gasteiger charge is -2.18. The molecule has 1 aromatic heterocycles. The van der Waals surface area contributed by atoms with E-state index >= 15 is 0 Å². The molecule has 1 heterocycles. The van der Waals surface area contributed by atoms with Crippen molar-refractivity contribution >= 4 is 23.1 Å². The van der Waals surface area contributed by atoms with Crippen LogP contribution in [-0.4, -0.2) is 29.9 Å². The molecule has 0 unspecified atom stereocenters. The minimum atomic E-state index is 0.0429. The average molecular weight is 345 g/mol. The summed E-state index contributed by atoms with van der Waals surface area (Å²) in [5.74, 6) is 2.08. The van der Waals surface area contributed by atoms with Crippen LogP contribution in [0.15, 0.2) is 36.5 Å². The first kappa shape index (κ1) is 18.0. The van der Waals surface area contributed by atoms with E-state index in [1.54, 1.807) is 19.4 Å². The van der Waals surface area contributed by atoms with Crippen LogP contribution in [0, 0.1) is 13.8 Å². The Bertz CT molecular complexity index is 706. The minimum absolute atomic E-state index is 0.0429. The van der Waals surface area contributed by atoms with E-state index in [4.69, 9.17) is 21.7 Å². The van der Waals surface area contributed by atoms with Gasteiger partial charge in [-0.2, -0.15) is 0 Å². The number of nitrogens with one attached hydrogen (secondary N) is 2. The molecule has 6 heteroatoms. The summed E-state index contributed by atoms with van der Waals surface area (Å²) in [6.07, 6.45) is 1.68. The fourth-order valence-electron chi connectivity index (χ4n) is 2.08. The van der Waals surface area contributed by atoms with Crippen LogP contribution in [0.3, 0.4) is 0 Å². The van der Waals surface area contributed by atoms with Crippen molar-refractivity contribution in [2.24, 2.45) is 0 Å². The summed E-state index contributed by atoms with van der Waals surface area (Å²) in [7, 11) is 1.60. The Balaban J connectivity index is 1.84. The van der Waals surface area contributed by atoms with Gasteiger partial charge in [0.2, 0.25) is 0 Å². The number of pyridine rings is 1. The van der Waals surface area contributed by atoms with Crippen molar-refractivity contribution in [2.75, 3.05) is 19.0 Å². The smallest absolute Gasteiger partial charge is 0.174 e. The molecule has 0 aliphatic carbocycles. The molecule has 0 saturated heterocycles. The zero-order valence-electron chi connectivity index (χ0n) is 14.4. The Morgan fingerprint density at radius 2 is 2.04 bits per heavy atom. The molecular weight excluding hydrogens is 322 g/mol. The number of anilines is 1. The second-order valence-corrected chi connectivity index (χ2v) is 6.02. The van der Waals surface area contributed by atoms with E-state index in [1.807, 2.05) is 25.1 Å². The van der Waals surface area contributed by atoms with Gasteiger partial charge in [-0.15, -0.1) is 0 Å². The number of methoxy groups -OCH3 is 1. The summed E-state index contributed by atoms with van der Waals surface area (Å²) >= 11 is 5.32. The van der Waals surface area contributed by atoms with Gasteiger partial charge < -0.3 is 20.1 Å². The molecule has 0 fully saturated rings. The van der Waals surface area contributed by atoms with Crippen LogP contribution in [0.25, 0.3) is 0 Å². The van der Waals surface area contributed by atoms with E-state index in [2.05, 4.69) is 35.5 Å². The van der Waals surface area contributed by atoms with Gasteiger partial charge in [-0.1, -0.05) is 6.07 Å². The van der Waals surface area contributed by atoms with Gasteiger partial charge >= 0.3 is 0 Å². The fraction of sp³-hybridized carbons (Fsp3) is 0.333. The zero-order chi connectivity index (χ0) is 17.5. The molecule has 0 spiro atoms. The number of aromatic nitrogens is 1. The topological polar surface area (TPSA) is 55.4 Å². The van der Waals surface area contributed by atoms with Crippen LogP contribution < -0.4 is 20.1 Å². The third-order valence-electron chi connectivity index (χ3n) is 3.58. The first-order valence-corrected chi connectivity index (χ1v) is 8.17. The van der Waals surface area contributed by atoms with Crippen molar-refractivity contribution in [3.63, 3.8) is 0 Å². The van der Waals surface area contributed by atoms with E-state index in [0.717, 1.165) is 5.75 Å². The van der Waals surface area contributed by atoms with Gasteiger partial charge in [0.1, 0.15) is 12.4 Å². The molecule has 2 aromatic rings. The van der Waals surface area contributed by atoms with E-state index in [1.165, 1.54) is 11.1 Å². The second-order valence-electron chi connectivity index (χ2n) is 5.61. The van der Waals surface area contributed by atoms with Crippen molar-refractivity contribution in [3.8, 4) is 11.5 Å². The number of thiocarbonyl (C=S) groups is 1. The van der Waals surface area contributed by atoms with Crippen molar-refractivity contribution in [1.82, 2.24) is 10.3 Å². The van der Waals surface area contributed by atoms with Gasteiger partial charge in [0, 0.05) is 6.20 Å². The van der Waals surface area contributed by atoms with Crippen LogP contribution in [0.1, 0.15) is 18.1 Å². The van der Waals surface area contributed by atoms with Gasteiger partial charge in [0.15, 0.2) is 16.7 Å². The molecule has 0 radical (unpaired) electrons. The largest absolute Gasteiger partial charge is 0.493 e. The quantitative estimate of drug-likeness (QED) is 0.782. The summed E-state index contributed by atoms with van der Waals surface area (Å²) in [5, 5.41) is 6.69. The first-order valence-electron chi connectivity index (χ1n) is 7.76. The number of aryl methyl sites for hydroxylation is 2. The zero-order valence-corrected chi connectivity index (χ0v) is 15.2. The highest BCUT2D eigenvalue weighted by atomic mass is 32.1. The van der Waals surface area contributed by atoms with E-state index in [0.29, 0.717) is 23.3 Å². The fourth-order valence-corrected chi connectivity index (χ4v) is 2.38. The molecule has 1 atom stereocenters. The molecule has 128 valence electrons. The number of nitrogens with zero attached hydrogens (tertiary/aromatic N) is 1. The van der Waals surface area contributed by atoms with Gasteiger partial charge in [-0.3, -0.25) is 0 Å². The Morgan fingerprint density at radius 3 is 2.75 bits per heavy atom. The lowest BCUT2D eigenvalue weighted by molar-refractivity contribution is 0.286. The number of rotatable bonds is 6. The maximum absolute atomic E-state index is 5.81. The summed E-state index contributed by atoms with van der Waals surface area (Å²) < 4.78 is 11.0. The molecule has 5 nitrogen and oxygen atoms in total. The molecule has 2 rings (SSSR count). The summed E-state index contributed by atoms with van der Waals surface area (Å²) in [5.41, 5.74) is 2.47. The highest BCUT2D eigenvalue weighted by Gasteiger charge is 2.09. The molecule has 2 N–H and O–H groups in total. The molecule has 0 bridgehead atoms. The van der Waals surface area contributed by atoms with Crippen LogP contribution in [-0.2, 0) is 0 Å². The molecule has 0 aliphatic rings. The normalized spacial score (nSPS) is 11.5. The standard InChI is InChI=1S/C18H23N3O2S/c1-12-7-8-15(10-13(12)2)23-11-14(3)20-18(24)21-17-16(22-4)6-5-9-19-17/h5-10,14H,11H2,1-4H3,(H2,19,20,21,24)/t14-/m1/s1. The highest BCUT2D eigenvalue weighted by Crippen LogP contribution is 2.20. The third kappa shape index (κ3) is 5.09. The Hall–Kier alpha value is -2.34. The van der Waals surface area contributed by atoms with Crippen molar-refractivity contribution in [3.05, 3.63) is 47.7 Å². The number of benzene rings is 1. The summed E-state index contributed by atoms with van der Waals surface area (Å²) in [6, 6.07) is 9.75. The molecule has 0 saturated carbocycles. The van der Waals surface area contributed by atoms with Crippen LogP contribution in [0.4, 0.5) is 5.82 Å². The summed E-state index contributed by atoms with van der Waals surface area (Å²) in [6.45, 7) is 6.66. The predicted molar refractivity (Wildman–Crippen MR) is 101 cm³/mol. The van der Waals surface area contributed by atoms with Gasteiger partial charge in [0.25, 0.3) is 0 Å². The average Bonchev–Trinajstić information content (AvgIpc) is 2.56.